The van der Waals surface area contributed by atoms with E-state index in [4.69, 9.17) is 0 Å². The molecule has 1 aliphatic carbocycles. The van der Waals surface area contributed by atoms with Crippen LogP contribution < -0.4 is 5.32 Å². The van der Waals surface area contributed by atoms with Crippen LogP contribution in [0.3, 0.4) is 0 Å². The van der Waals surface area contributed by atoms with Gasteiger partial charge in [0.05, 0.1) is 5.56 Å². The van der Waals surface area contributed by atoms with Gasteiger partial charge in [-0.15, -0.1) is 11.3 Å². The number of nitrogens with zero attached hydrogens (tertiary/aromatic N) is 1. The van der Waals surface area contributed by atoms with Crippen LogP contribution in [0.25, 0.3) is 0 Å². The van der Waals surface area contributed by atoms with Crippen molar-refractivity contribution in [1.82, 2.24) is 0 Å². The van der Waals surface area contributed by atoms with Crippen molar-refractivity contribution in [2.24, 2.45) is 5.92 Å². The molecule has 1 heterocycles. The van der Waals surface area contributed by atoms with Crippen LogP contribution in [0.5, 0.6) is 0 Å². The largest absolute Gasteiger partial charge is 0.312 e. The summed E-state index contributed by atoms with van der Waals surface area (Å²) in [4.78, 5) is 13.6. The van der Waals surface area contributed by atoms with Crippen molar-refractivity contribution >= 4 is 38.2 Å². The fourth-order valence-electron chi connectivity index (χ4n) is 2.76. The van der Waals surface area contributed by atoms with Gasteiger partial charge >= 0.3 is 0 Å². The van der Waals surface area contributed by atoms with E-state index in [1.807, 2.05) is 12.1 Å². The molecule has 1 aliphatic rings. The molecule has 3 nitrogen and oxygen atoms in total. The third kappa shape index (κ3) is 2.94. The molecule has 0 saturated heterocycles. The van der Waals surface area contributed by atoms with Crippen molar-refractivity contribution in [3.8, 4) is 6.07 Å². The van der Waals surface area contributed by atoms with Gasteiger partial charge in [0.2, 0.25) is 0 Å². The van der Waals surface area contributed by atoms with Crippen molar-refractivity contribution < 1.29 is 4.79 Å². The predicted octanol–water partition coefficient (Wildman–Crippen LogP) is 4.76. The molecule has 1 unspecified atom stereocenters. The fraction of sp³-hybridized carbons (Fsp3) is 0.294. The molecule has 112 valence electrons. The van der Waals surface area contributed by atoms with Crippen molar-refractivity contribution in [2.45, 2.75) is 26.2 Å². The van der Waals surface area contributed by atoms with Crippen LogP contribution in [-0.4, -0.2) is 5.91 Å². The molecule has 3 rings (SSSR count). The van der Waals surface area contributed by atoms with E-state index < -0.39 is 0 Å². The highest BCUT2D eigenvalue weighted by Gasteiger charge is 2.24. The van der Waals surface area contributed by atoms with Gasteiger partial charge < -0.3 is 5.32 Å². The number of rotatable bonds is 2. The minimum Gasteiger partial charge on any atom is -0.312 e. The van der Waals surface area contributed by atoms with E-state index in [0.717, 1.165) is 29.3 Å². The topological polar surface area (TPSA) is 52.9 Å². The lowest BCUT2D eigenvalue weighted by Crippen LogP contribution is -2.12. The molecule has 0 aliphatic heterocycles. The van der Waals surface area contributed by atoms with Crippen LogP contribution in [-0.2, 0) is 12.8 Å². The maximum absolute atomic E-state index is 12.4. The van der Waals surface area contributed by atoms with Gasteiger partial charge in [0.25, 0.3) is 5.91 Å². The van der Waals surface area contributed by atoms with Crippen LogP contribution in [0, 0.1) is 17.2 Å². The zero-order valence-electron chi connectivity index (χ0n) is 12.1. The number of fused-ring (bicyclic) bond motifs is 1. The fourth-order valence-corrected chi connectivity index (χ4v) is 4.52. The van der Waals surface area contributed by atoms with Gasteiger partial charge in [-0.05, 0) is 48.9 Å². The number of amides is 1. The van der Waals surface area contributed by atoms with Crippen LogP contribution >= 0.6 is 27.3 Å². The van der Waals surface area contributed by atoms with E-state index in [-0.39, 0.29) is 5.91 Å². The van der Waals surface area contributed by atoms with Gasteiger partial charge in [0, 0.05) is 14.9 Å². The molecule has 1 amide bonds. The highest BCUT2D eigenvalue weighted by molar-refractivity contribution is 9.10. The number of nitrogens with one attached hydrogen (secondary N) is 1. The Morgan fingerprint density at radius 3 is 3.05 bits per heavy atom. The number of carbonyl (C=O) groups excluding carboxylic acids is 1. The summed E-state index contributed by atoms with van der Waals surface area (Å²) in [5.41, 5.74) is 2.36. The molecular formula is C17H15BrN2OS. The lowest BCUT2D eigenvalue weighted by molar-refractivity contribution is 0.102. The van der Waals surface area contributed by atoms with Crippen molar-refractivity contribution in [1.29, 1.82) is 5.26 Å². The normalized spacial score (nSPS) is 16.7. The zero-order chi connectivity index (χ0) is 15.7. The summed E-state index contributed by atoms with van der Waals surface area (Å²) < 4.78 is 0.861. The molecule has 1 aromatic heterocycles. The van der Waals surface area contributed by atoms with E-state index in [1.54, 1.807) is 23.5 Å². The third-order valence-corrected chi connectivity index (χ3v) is 5.60. The third-order valence-electron chi connectivity index (χ3n) is 3.94. The first-order chi connectivity index (χ1) is 10.6. The number of carbonyl (C=O) groups is 1. The van der Waals surface area contributed by atoms with Crippen molar-refractivity contribution in [3.05, 3.63) is 50.3 Å². The number of hydrogen-bond donors (Lipinski definition) is 1. The summed E-state index contributed by atoms with van der Waals surface area (Å²) in [6.07, 6.45) is 3.04. The van der Waals surface area contributed by atoms with Gasteiger partial charge in [0.1, 0.15) is 11.1 Å². The molecule has 0 radical (unpaired) electrons. The molecule has 22 heavy (non-hydrogen) atoms. The maximum atomic E-state index is 12.4. The van der Waals surface area contributed by atoms with Gasteiger partial charge in [-0.3, -0.25) is 4.79 Å². The zero-order valence-corrected chi connectivity index (χ0v) is 14.6. The summed E-state index contributed by atoms with van der Waals surface area (Å²) in [7, 11) is 0. The molecule has 1 aromatic carbocycles. The Kier molecular flexibility index (Phi) is 4.32. The molecule has 0 saturated carbocycles. The Hall–Kier alpha value is -1.64. The first kappa shape index (κ1) is 15.3. The highest BCUT2D eigenvalue weighted by atomic mass is 79.9. The SMILES string of the molecule is CC1CCc2c(sc(NC(=O)c3cccc(Br)c3)c2C#N)C1. The average Bonchev–Trinajstić information content (AvgIpc) is 2.83. The summed E-state index contributed by atoms with van der Waals surface area (Å²) in [6.45, 7) is 2.23. The van der Waals surface area contributed by atoms with Gasteiger partial charge in [-0.1, -0.05) is 28.9 Å². The first-order valence-electron chi connectivity index (χ1n) is 7.20. The van der Waals surface area contributed by atoms with E-state index in [2.05, 4.69) is 34.2 Å². The maximum Gasteiger partial charge on any atom is 0.256 e. The van der Waals surface area contributed by atoms with E-state index in [1.165, 1.54) is 4.88 Å². The lowest BCUT2D eigenvalue weighted by atomic mass is 9.88. The van der Waals surface area contributed by atoms with Crippen LogP contribution in [0.4, 0.5) is 5.00 Å². The Balaban J connectivity index is 1.90. The summed E-state index contributed by atoms with van der Waals surface area (Å²) in [5.74, 6) is 0.468. The van der Waals surface area contributed by atoms with Crippen LogP contribution in [0.1, 0.15) is 39.7 Å². The van der Waals surface area contributed by atoms with E-state index in [0.29, 0.717) is 22.0 Å². The van der Waals surface area contributed by atoms with Gasteiger partial charge in [-0.25, -0.2) is 0 Å². The summed E-state index contributed by atoms with van der Waals surface area (Å²) in [6, 6.07) is 9.52. The Labute approximate surface area is 142 Å². The minimum absolute atomic E-state index is 0.176. The highest BCUT2D eigenvalue weighted by Crippen LogP contribution is 2.39. The minimum atomic E-state index is -0.176. The molecule has 0 spiro atoms. The van der Waals surface area contributed by atoms with Crippen LogP contribution in [0.2, 0.25) is 0 Å². The molecule has 2 aromatic rings. The number of halogens is 1. The van der Waals surface area contributed by atoms with Crippen LogP contribution in [0.15, 0.2) is 28.7 Å². The number of anilines is 1. The molecule has 0 fully saturated rings. The monoisotopic (exact) mass is 374 g/mol. The predicted molar refractivity (Wildman–Crippen MR) is 92.3 cm³/mol. The van der Waals surface area contributed by atoms with E-state index >= 15 is 0 Å². The molecule has 1 atom stereocenters. The summed E-state index contributed by atoms with van der Waals surface area (Å²) >= 11 is 4.92. The number of thiophene rings is 1. The number of hydrogen-bond acceptors (Lipinski definition) is 3. The van der Waals surface area contributed by atoms with Gasteiger partial charge in [0.15, 0.2) is 0 Å². The molecule has 5 heteroatoms. The molecule has 0 bridgehead atoms. The number of nitriles is 1. The lowest BCUT2D eigenvalue weighted by Gasteiger charge is -2.17. The van der Waals surface area contributed by atoms with Crippen molar-refractivity contribution in [3.63, 3.8) is 0 Å². The Morgan fingerprint density at radius 1 is 1.50 bits per heavy atom. The quantitative estimate of drug-likeness (QED) is 0.823. The first-order valence-corrected chi connectivity index (χ1v) is 8.81. The standard InChI is InChI=1S/C17H15BrN2OS/c1-10-5-6-13-14(9-19)17(22-15(13)7-10)20-16(21)11-3-2-4-12(18)8-11/h2-4,8,10H,5-7H2,1H3,(H,20,21). The second kappa shape index (κ2) is 6.23. The molecular weight excluding hydrogens is 360 g/mol. The smallest absolute Gasteiger partial charge is 0.256 e. The van der Waals surface area contributed by atoms with Gasteiger partial charge in [-0.2, -0.15) is 5.26 Å². The van der Waals surface area contributed by atoms with E-state index in [9.17, 15) is 10.1 Å². The second-order valence-electron chi connectivity index (χ2n) is 5.63. The number of benzene rings is 1. The Bertz CT molecular complexity index is 775. The summed E-state index contributed by atoms with van der Waals surface area (Å²) in [5, 5.41) is 13.1. The molecule has 1 N–H and O–H groups in total. The Morgan fingerprint density at radius 2 is 2.32 bits per heavy atom. The average molecular weight is 375 g/mol. The second-order valence-corrected chi connectivity index (χ2v) is 7.65. The van der Waals surface area contributed by atoms with Crippen molar-refractivity contribution in [2.75, 3.05) is 5.32 Å².